The summed E-state index contributed by atoms with van der Waals surface area (Å²) in [6.45, 7) is 2.03. The number of hydrogen-bond acceptors (Lipinski definition) is 4. The van der Waals surface area contributed by atoms with E-state index in [0.717, 1.165) is 21.3 Å². The smallest absolute Gasteiger partial charge is 0.253 e. The van der Waals surface area contributed by atoms with Crippen LogP contribution < -0.4 is 5.73 Å². The summed E-state index contributed by atoms with van der Waals surface area (Å²) in [7, 11) is 0. The van der Waals surface area contributed by atoms with E-state index in [0.29, 0.717) is 29.9 Å². The van der Waals surface area contributed by atoms with Gasteiger partial charge in [-0.3, -0.25) is 4.79 Å². The van der Waals surface area contributed by atoms with E-state index in [1.807, 2.05) is 48.9 Å². The Bertz CT molecular complexity index is 1320. The van der Waals surface area contributed by atoms with Crippen LogP contribution in [0.1, 0.15) is 24.3 Å². The molecule has 0 spiro atoms. The van der Waals surface area contributed by atoms with Gasteiger partial charge in [0.1, 0.15) is 17.6 Å². The third-order valence-corrected chi connectivity index (χ3v) is 6.45. The van der Waals surface area contributed by atoms with Gasteiger partial charge in [-0.2, -0.15) is 5.10 Å². The molecule has 3 N–H and O–H groups in total. The summed E-state index contributed by atoms with van der Waals surface area (Å²) in [4.78, 5) is 17.7. The van der Waals surface area contributed by atoms with Crippen LogP contribution in [0.2, 0.25) is 0 Å². The zero-order chi connectivity index (χ0) is 23.8. The number of rotatable bonds is 6. The molecule has 4 aromatic rings. The molecule has 1 amide bonds. The number of carbonyl (C=O) groups excluding carboxylic acids is 1. The SMILES string of the molecule is CC1OC(c2cn(-c3ccc(Br)cc3)nc2-c2cc[nH]c2)N(CCc2ccc(N)cc2F)C1=O. The van der Waals surface area contributed by atoms with Crippen molar-refractivity contribution in [1.82, 2.24) is 19.7 Å². The van der Waals surface area contributed by atoms with E-state index < -0.39 is 12.3 Å². The van der Waals surface area contributed by atoms with Gasteiger partial charge in [0.05, 0.1) is 5.69 Å². The van der Waals surface area contributed by atoms with Crippen LogP contribution in [-0.2, 0) is 16.0 Å². The Labute approximate surface area is 204 Å². The van der Waals surface area contributed by atoms with Crippen LogP contribution in [0, 0.1) is 5.82 Å². The molecule has 174 valence electrons. The minimum absolute atomic E-state index is 0.141. The number of nitrogen functional groups attached to an aromatic ring is 1. The first-order chi connectivity index (χ1) is 16.4. The van der Waals surface area contributed by atoms with Crippen molar-refractivity contribution in [3.8, 4) is 16.9 Å². The van der Waals surface area contributed by atoms with E-state index in [1.54, 1.807) is 28.6 Å². The Kier molecular flexibility index (Phi) is 5.97. The summed E-state index contributed by atoms with van der Waals surface area (Å²) in [5.41, 5.74) is 9.75. The van der Waals surface area contributed by atoms with Crippen LogP contribution >= 0.6 is 15.9 Å². The van der Waals surface area contributed by atoms with Gasteiger partial charge in [-0.25, -0.2) is 9.07 Å². The molecule has 0 radical (unpaired) electrons. The number of carbonyl (C=O) groups is 1. The van der Waals surface area contributed by atoms with E-state index in [1.165, 1.54) is 6.07 Å². The molecule has 3 heterocycles. The van der Waals surface area contributed by atoms with Gasteiger partial charge >= 0.3 is 0 Å². The lowest BCUT2D eigenvalue weighted by Crippen LogP contribution is -2.32. The third-order valence-electron chi connectivity index (χ3n) is 5.92. The minimum atomic E-state index is -0.645. The van der Waals surface area contributed by atoms with Gasteiger partial charge in [-0.05, 0) is 61.4 Å². The van der Waals surface area contributed by atoms with Gasteiger partial charge in [-0.1, -0.05) is 22.0 Å². The Hall–Kier alpha value is -3.43. The predicted molar refractivity (Wildman–Crippen MR) is 131 cm³/mol. The van der Waals surface area contributed by atoms with Crippen LogP contribution in [0.5, 0.6) is 0 Å². The van der Waals surface area contributed by atoms with Crippen molar-refractivity contribution in [3.05, 3.63) is 88.5 Å². The molecule has 1 aliphatic heterocycles. The number of nitrogens with one attached hydrogen (secondary N) is 1. The lowest BCUT2D eigenvalue weighted by atomic mass is 10.1. The van der Waals surface area contributed by atoms with Gasteiger partial charge in [0.25, 0.3) is 5.91 Å². The van der Waals surface area contributed by atoms with Crippen molar-refractivity contribution < 1.29 is 13.9 Å². The molecule has 0 bridgehead atoms. The van der Waals surface area contributed by atoms with Gasteiger partial charge in [-0.15, -0.1) is 0 Å². The van der Waals surface area contributed by atoms with Gasteiger partial charge in [0.15, 0.2) is 6.23 Å². The summed E-state index contributed by atoms with van der Waals surface area (Å²) >= 11 is 3.46. The number of nitrogens with two attached hydrogens (primary N) is 1. The van der Waals surface area contributed by atoms with E-state index in [2.05, 4.69) is 20.9 Å². The molecule has 1 aliphatic rings. The summed E-state index contributed by atoms with van der Waals surface area (Å²) in [5.74, 6) is -0.523. The fraction of sp³-hybridized carbons (Fsp3) is 0.200. The van der Waals surface area contributed by atoms with Crippen molar-refractivity contribution in [2.45, 2.75) is 25.7 Å². The van der Waals surface area contributed by atoms with Crippen LogP contribution in [-0.4, -0.2) is 38.2 Å². The van der Waals surface area contributed by atoms with Crippen molar-refractivity contribution in [1.29, 1.82) is 0 Å². The first-order valence-electron chi connectivity index (χ1n) is 10.9. The molecule has 1 saturated heterocycles. The molecule has 2 atom stereocenters. The number of amides is 1. The number of hydrogen-bond donors (Lipinski definition) is 2. The first kappa shape index (κ1) is 22.4. The van der Waals surface area contributed by atoms with Crippen molar-refractivity contribution in [2.24, 2.45) is 0 Å². The molecule has 9 heteroatoms. The highest BCUT2D eigenvalue weighted by molar-refractivity contribution is 9.10. The summed E-state index contributed by atoms with van der Waals surface area (Å²) in [5, 5.41) is 4.81. The van der Waals surface area contributed by atoms with Gasteiger partial charge in [0.2, 0.25) is 0 Å². The van der Waals surface area contributed by atoms with Crippen molar-refractivity contribution >= 4 is 27.5 Å². The minimum Gasteiger partial charge on any atom is -0.399 e. The maximum absolute atomic E-state index is 14.4. The van der Waals surface area contributed by atoms with E-state index in [-0.39, 0.29) is 11.7 Å². The Morgan fingerprint density at radius 1 is 1.21 bits per heavy atom. The molecule has 2 unspecified atom stereocenters. The highest BCUT2D eigenvalue weighted by Gasteiger charge is 2.40. The highest BCUT2D eigenvalue weighted by Crippen LogP contribution is 2.37. The quantitative estimate of drug-likeness (QED) is 0.354. The molecule has 5 rings (SSSR count). The first-order valence-corrected chi connectivity index (χ1v) is 11.7. The molecule has 2 aromatic carbocycles. The summed E-state index contributed by atoms with van der Waals surface area (Å²) in [6, 6.07) is 14.3. The van der Waals surface area contributed by atoms with E-state index >= 15 is 0 Å². The highest BCUT2D eigenvalue weighted by atomic mass is 79.9. The average molecular weight is 524 g/mol. The van der Waals surface area contributed by atoms with E-state index in [4.69, 9.17) is 15.6 Å². The number of anilines is 1. The number of aromatic nitrogens is 3. The number of halogens is 2. The molecule has 7 nitrogen and oxygen atoms in total. The number of aromatic amines is 1. The number of ether oxygens (including phenoxy) is 1. The van der Waals surface area contributed by atoms with Crippen molar-refractivity contribution in [3.63, 3.8) is 0 Å². The molecule has 0 aliphatic carbocycles. The lowest BCUT2D eigenvalue weighted by molar-refractivity contribution is -0.130. The molecule has 2 aromatic heterocycles. The zero-order valence-corrected chi connectivity index (χ0v) is 20.0. The molecular weight excluding hydrogens is 501 g/mol. The Morgan fingerprint density at radius 2 is 2.00 bits per heavy atom. The van der Waals surface area contributed by atoms with E-state index in [9.17, 15) is 9.18 Å². The Balaban J connectivity index is 1.51. The molecule has 0 saturated carbocycles. The summed E-state index contributed by atoms with van der Waals surface area (Å²) < 4.78 is 23.2. The second-order valence-electron chi connectivity index (χ2n) is 8.22. The van der Waals surface area contributed by atoms with Gasteiger partial charge in [0, 0.05) is 46.4 Å². The largest absolute Gasteiger partial charge is 0.399 e. The normalized spacial score (nSPS) is 18.1. The number of nitrogens with zero attached hydrogens (tertiary/aromatic N) is 3. The fourth-order valence-electron chi connectivity index (χ4n) is 4.14. The summed E-state index contributed by atoms with van der Waals surface area (Å²) in [6.07, 6.45) is 4.64. The lowest BCUT2D eigenvalue weighted by Gasteiger charge is -2.23. The predicted octanol–water partition coefficient (Wildman–Crippen LogP) is 4.84. The second-order valence-corrected chi connectivity index (χ2v) is 9.13. The number of benzene rings is 2. The molecular formula is C25H23BrFN5O2. The van der Waals surface area contributed by atoms with Crippen LogP contribution in [0.15, 0.2) is 71.6 Å². The third kappa shape index (κ3) is 4.24. The zero-order valence-electron chi connectivity index (χ0n) is 18.4. The number of H-pyrrole nitrogens is 1. The molecule has 34 heavy (non-hydrogen) atoms. The monoisotopic (exact) mass is 523 g/mol. The standard InChI is InChI=1S/C25H23BrFN5O2/c1-15-24(33)31(11-9-16-2-5-19(28)12-22(16)27)25(34-15)21-14-32(20-6-3-18(26)4-7-20)30-23(21)17-8-10-29-13-17/h2-8,10,12-15,25,29H,9,11,28H2,1H3. The van der Waals surface area contributed by atoms with Crippen LogP contribution in [0.4, 0.5) is 10.1 Å². The Morgan fingerprint density at radius 3 is 2.71 bits per heavy atom. The van der Waals surface area contributed by atoms with Gasteiger partial charge < -0.3 is 20.4 Å². The maximum atomic E-state index is 14.4. The topological polar surface area (TPSA) is 89.2 Å². The second kappa shape index (κ2) is 9.08. The van der Waals surface area contributed by atoms with Crippen LogP contribution in [0.3, 0.4) is 0 Å². The molecule has 1 fully saturated rings. The van der Waals surface area contributed by atoms with Crippen LogP contribution in [0.25, 0.3) is 16.9 Å². The van der Waals surface area contributed by atoms with Crippen molar-refractivity contribution in [2.75, 3.05) is 12.3 Å². The maximum Gasteiger partial charge on any atom is 0.253 e. The fourth-order valence-corrected chi connectivity index (χ4v) is 4.40. The average Bonchev–Trinajstić information content (AvgIpc) is 3.54.